The molecule has 0 bridgehead atoms. The van der Waals surface area contributed by atoms with E-state index in [2.05, 4.69) is 10.3 Å². The molecular formula is C17H20N2O4. The van der Waals surface area contributed by atoms with Crippen molar-refractivity contribution in [2.45, 2.75) is 26.8 Å². The van der Waals surface area contributed by atoms with E-state index in [1.165, 1.54) is 19.3 Å². The van der Waals surface area contributed by atoms with E-state index in [4.69, 9.17) is 9.15 Å². The fourth-order valence-corrected chi connectivity index (χ4v) is 2.05. The molecule has 1 N–H and O–H groups in total. The molecule has 1 aromatic heterocycles. The molecule has 0 saturated heterocycles. The number of ether oxygens (including phenoxy) is 1. The summed E-state index contributed by atoms with van der Waals surface area (Å²) in [6.45, 7) is 5.54. The third-order valence-corrected chi connectivity index (χ3v) is 3.28. The number of benzene rings is 1. The first-order valence-corrected chi connectivity index (χ1v) is 7.23. The quantitative estimate of drug-likeness (QED) is 0.692. The Morgan fingerprint density at radius 3 is 2.61 bits per heavy atom. The lowest BCUT2D eigenvalue weighted by molar-refractivity contribution is -0.147. The number of rotatable bonds is 4. The van der Waals surface area contributed by atoms with Crippen LogP contribution < -0.4 is 5.32 Å². The van der Waals surface area contributed by atoms with Crippen LogP contribution in [0.4, 0.5) is 0 Å². The summed E-state index contributed by atoms with van der Waals surface area (Å²) < 4.78 is 10.2. The molecule has 0 unspecified atom stereocenters. The minimum Gasteiger partial charge on any atom is -0.467 e. The average Bonchev–Trinajstić information content (AvgIpc) is 2.91. The molecule has 2 aromatic rings. The number of para-hydroxylation sites is 2. The molecule has 0 spiro atoms. The van der Waals surface area contributed by atoms with E-state index in [-0.39, 0.29) is 0 Å². The fourth-order valence-electron chi connectivity index (χ4n) is 2.05. The molecule has 6 nitrogen and oxygen atoms in total. The van der Waals surface area contributed by atoms with E-state index in [9.17, 15) is 9.59 Å². The second-order valence-electron chi connectivity index (χ2n) is 6.18. The van der Waals surface area contributed by atoms with Crippen molar-refractivity contribution in [3.8, 4) is 0 Å². The van der Waals surface area contributed by atoms with Crippen molar-refractivity contribution in [2.24, 2.45) is 5.41 Å². The first-order valence-electron chi connectivity index (χ1n) is 7.23. The zero-order chi connectivity index (χ0) is 17.0. The molecule has 1 atom stereocenters. The van der Waals surface area contributed by atoms with Gasteiger partial charge in [0.15, 0.2) is 5.58 Å². The van der Waals surface area contributed by atoms with Crippen molar-refractivity contribution < 1.29 is 18.7 Å². The van der Waals surface area contributed by atoms with Crippen LogP contribution in [0.5, 0.6) is 0 Å². The third kappa shape index (κ3) is 4.18. The topological polar surface area (TPSA) is 81.4 Å². The van der Waals surface area contributed by atoms with Gasteiger partial charge in [-0.3, -0.25) is 4.79 Å². The summed E-state index contributed by atoms with van der Waals surface area (Å²) >= 11 is 0. The summed E-state index contributed by atoms with van der Waals surface area (Å²) in [6, 6.07) is 6.58. The van der Waals surface area contributed by atoms with Crippen LogP contribution in [-0.2, 0) is 14.3 Å². The number of hydrogen-bond acceptors (Lipinski definition) is 5. The van der Waals surface area contributed by atoms with Crippen LogP contribution in [-0.4, -0.2) is 30.0 Å². The highest BCUT2D eigenvalue weighted by Gasteiger charge is 2.33. The Bertz CT molecular complexity index is 707. The zero-order valence-corrected chi connectivity index (χ0v) is 13.6. The van der Waals surface area contributed by atoms with Crippen LogP contribution in [0, 0.1) is 5.41 Å². The predicted molar refractivity (Wildman–Crippen MR) is 86.4 cm³/mol. The minimum absolute atomic E-state index is 0.326. The van der Waals surface area contributed by atoms with Gasteiger partial charge in [-0.25, -0.2) is 9.78 Å². The minimum atomic E-state index is -0.742. The highest BCUT2D eigenvalue weighted by Crippen LogP contribution is 2.20. The van der Waals surface area contributed by atoms with Gasteiger partial charge in [0.05, 0.1) is 7.11 Å². The normalized spacial score (nSPS) is 13.2. The number of amides is 1. The molecule has 6 heteroatoms. The number of oxazole rings is 1. The number of methoxy groups -OCH3 is 1. The average molecular weight is 316 g/mol. The number of carbonyl (C=O) groups is 2. The van der Waals surface area contributed by atoms with Crippen LogP contribution >= 0.6 is 0 Å². The Morgan fingerprint density at radius 2 is 2.00 bits per heavy atom. The highest BCUT2D eigenvalue weighted by atomic mass is 16.5. The van der Waals surface area contributed by atoms with Gasteiger partial charge in [0.2, 0.25) is 11.8 Å². The van der Waals surface area contributed by atoms with Crippen molar-refractivity contribution in [3.63, 3.8) is 0 Å². The molecule has 0 aliphatic heterocycles. The maximum absolute atomic E-state index is 12.0. The molecule has 122 valence electrons. The lowest BCUT2D eigenvalue weighted by Gasteiger charge is -2.28. The lowest BCUT2D eigenvalue weighted by atomic mass is 9.86. The Labute approximate surface area is 134 Å². The molecule has 23 heavy (non-hydrogen) atoms. The molecule has 1 amide bonds. The van der Waals surface area contributed by atoms with Gasteiger partial charge in [-0.1, -0.05) is 32.9 Å². The van der Waals surface area contributed by atoms with Crippen LogP contribution in [0.15, 0.2) is 34.8 Å². The number of carbonyl (C=O) groups excluding carboxylic acids is 2. The van der Waals surface area contributed by atoms with Gasteiger partial charge in [-0.15, -0.1) is 0 Å². The second-order valence-corrected chi connectivity index (χ2v) is 6.18. The molecule has 0 aliphatic rings. The van der Waals surface area contributed by atoms with E-state index >= 15 is 0 Å². The van der Waals surface area contributed by atoms with Gasteiger partial charge in [-0.2, -0.15) is 0 Å². The number of esters is 1. The summed E-state index contributed by atoms with van der Waals surface area (Å²) in [5, 5.41) is 2.64. The Balaban J connectivity index is 2.09. The highest BCUT2D eigenvalue weighted by molar-refractivity contribution is 5.94. The number of nitrogens with zero attached hydrogens (tertiary/aromatic N) is 1. The van der Waals surface area contributed by atoms with Crippen molar-refractivity contribution >= 4 is 29.1 Å². The van der Waals surface area contributed by atoms with E-state index in [1.807, 2.05) is 39.0 Å². The smallest absolute Gasteiger partial charge is 0.328 e. The van der Waals surface area contributed by atoms with E-state index in [0.29, 0.717) is 11.5 Å². The molecule has 0 saturated carbocycles. The molecule has 1 heterocycles. The first kappa shape index (κ1) is 16.7. The standard InChI is InChI=1S/C17H20N2O4/c1-17(2,3)15(16(21)22-4)19-13(20)9-10-14-18-11-7-5-6-8-12(11)23-14/h5-10,15H,1-4H3,(H,19,20)/b10-9-/t15-/m1/s1. The monoisotopic (exact) mass is 316 g/mol. The molecule has 2 rings (SSSR count). The number of nitrogens with one attached hydrogen (secondary N) is 1. The third-order valence-electron chi connectivity index (χ3n) is 3.28. The van der Waals surface area contributed by atoms with Gasteiger partial charge < -0.3 is 14.5 Å². The maximum atomic E-state index is 12.0. The molecular weight excluding hydrogens is 296 g/mol. The SMILES string of the molecule is COC(=O)[C@@H](NC(=O)/C=C\c1nc2ccccc2o1)C(C)(C)C. The Hall–Kier alpha value is -2.63. The summed E-state index contributed by atoms with van der Waals surface area (Å²) in [7, 11) is 1.29. The molecule has 1 aromatic carbocycles. The van der Waals surface area contributed by atoms with Gasteiger partial charge in [0, 0.05) is 12.2 Å². The van der Waals surface area contributed by atoms with Gasteiger partial charge >= 0.3 is 5.97 Å². The van der Waals surface area contributed by atoms with Crippen molar-refractivity contribution in [1.82, 2.24) is 10.3 Å². The predicted octanol–water partition coefficient (Wildman–Crippen LogP) is 2.54. The second kappa shape index (κ2) is 6.64. The Kier molecular flexibility index (Phi) is 4.83. The summed E-state index contributed by atoms with van der Waals surface area (Å²) in [6.07, 6.45) is 2.75. The van der Waals surface area contributed by atoms with Crippen molar-refractivity contribution in [3.05, 3.63) is 36.2 Å². The van der Waals surface area contributed by atoms with E-state index in [1.54, 1.807) is 6.07 Å². The number of aromatic nitrogens is 1. The van der Waals surface area contributed by atoms with Gasteiger partial charge in [-0.05, 0) is 17.5 Å². The summed E-state index contributed by atoms with van der Waals surface area (Å²) in [4.78, 5) is 28.1. The summed E-state index contributed by atoms with van der Waals surface area (Å²) in [5.74, 6) is -0.578. The van der Waals surface area contributed by atoms with E-state index in [0.717, 1.165) is 5.52 Å². The van der Waals surface area contributed by atoms with Crippen LogP contribution in [0.25, 0.3) is 17.2 Å². The molecule has 0 fully saturated rings. The van der Waals surface area contributed by atoms with Crippen LogP contribution in [0.3, 0.4) is 0 Å². The van der Waals surface area contributed by atoms with Gasteiger partial charge in [0.1, 0.15) is 11.6 Å². The summed E-state index contributed by atoms with van der Waals surface area (Å²) in [5.41, 5.74) is 0.901. The molecule has 0 radical (unpaired) electrons. The van der Waals surface area contributed by atoms with Crippen molar-refractivity contribution in [2.75, 3.05) is 7.11 Å². The van der Waals surface area contributed by atoms with E-state index < -0.39 is 23.3 Å². The fraction of sp³-hybridized carbons (Fsp3) is 0.353. The van der Waals surface area contributed by atoms with Crippen molar-refractivity contribution in [1.29, 1.82) is 0 Å². The number of hydrogen-bond donors (Lipinski definition) is 1. The number of fused-ring (bicyclic) bond motifs is 1. The van der Waals surface area contributed by atoms with Gasteiger partial charge in [0.25, 0.3) is 0 Å². The first-order chi connectivity index (χ1) is 10.8. The zero-order valence-electron chi connectivity index (χ0n) is 13.6. The van der Waals surface area contributed by atoms with Crippen LogP contribution in [0.2, 0.25) is 0 Å². The lowest BCUT2D eigenvalue weighted by Crippen LogP contribution is -2.49. The maximum Gasteiger partial charge on any atom is 0.328 e. The Morgan fingerprint density at radius 1 is 1.30 bits per heavy atom. The largest absolute Gasteiger partial charge is 0.467 e. The molecule has 0 aliphatic carbocycles. The van der Waals surface area contributed by atoms with Crippen LogP contribution in [0.1, 0.15) is 26.7 Å².